The van der Waals surface area contributed by atoms with Gasteiger partial charge in [0.2, 0.25) is 0 Å². The van der Waals surface area contributed by atoms with Gasteiger partial charge in [0.25, 0.3) is 0 Å². The molecule has 1 heterocycles. The Hall–Kier alpha value is -1.59. The minimum absolute atomic E-state index is 0.151. The van der Waals surface area contributed by atoms with Crippen molar-refractivity contribution < 1.29 is 9.47 Å². The molecule has 122 valence electrons. The normalized spacial score (nSPS) is 18.0. The molecule has 1 aliphatic heterocycles. The van der Waals surface area contributed by atoms with Gasteiger partial charge in [0, 0.05) is 53.8 Å². The van der Waals surface area contributed by atoms with E-state index in [1.54, 1.807) is 7.11 Å². The number of nitrogens with zero attached hydrogens (tertiary/aromatic N) is 2. The Morgan fingerprint density at radius 1 is 1.27 bits per heavy atom. The molecule has 0 atom stereocenters. The lowest BCUT2D eigenvalue weighted by Gasteiger charge is -2.36. The van der Waals surface area contributed by atoms with Crippen molar-refractivity contribution in [3.05, 3.63) is 35.9 Å². The summed E-state index contributed by atoms with van der Waals surface area (Å²) in [5.41, 5.74) is 1.05. The molecule has 1 aromatic rings. The minimum Gasteiger partial charge on any atom is -0.381 e. The van der Waals surface area contributed by atoms with Crippen molar-refractivity contribution in [3.63, 3.8) is 0 Å². The summed E-state index contributed by atoms with van der Waals surface area (Å²) in [6, 6.07) is 10.3. The minimum atomic E-state index is -0.151. The highest BCUT2D eigenvalue weighted by molar-refractivity contribution is 5.79. The van der Waals surface area contributed by atoms with Gasteiger partial charge in [0.1, 0.15) is 0 Å². The summed E-state index contributed by atoms with van der Waals surface area (Å²) < 4.78 is 11.2. The van der Waals surface area contributed by atoms with Crippen molar-refractivity contribution in [1.82, 2.24) is 10.2 Å². The second-order valence-corrected chi connectivity index (χ2v) is 5.87. The van der Waals surface area contributed by atoms with Crippen LogP contribution in [0.2, 0.25) is 0 Å². The van der Waals surface area contributed by atoms with Crippen LogP contribution in [-0.4, -0.2) is 57.4 Å². The maximum absolute atomic E-state index is 5.76. The molecule has 0 bridgehead atoms. The number of benzene rings is 1. The fourth-order valence-corrected chi connectivity index (χ4v) is 2.54. The summed E-state index contributed by atoms with van der Waals surface area (Å²) in [7, 11) is 5.78. The van der Waals surface area contributed by atoms with E-state index in [4.69, 9.17) is 9.47 Å². The highest BCUT2D eigenvalue weighted by Gasteiger charge is 2.32. The molecular weight excluding hydrogens is 278 g/mol. The molecule has 0 amide bonds. The molecule has 0 radical (unpaired) electrons. The van der Waals surface area contributed by atoms with Crippen LogP contribution < -0.4 is 5.32 Å². The van der Waals surface area contributed by atoms with E-state index in [1.165, 1.54) is 5.56 Å². The first-order valence-electron chi connectivity index (χ1n) is 7.78. The number of nitrogens with one attached hydrogen (secondary N) is 1. The molecule has 0 spiro atoms. The Balaban J connectivity index is 1.96. The number of rotatable bonds is 5. The van der Waals surface area contributed by atoms with Crippen LogP contribution in [0.5, 0.6) is 0 Å². The zero-order chi connectivity index (χ0) is 15.8. The number of methoxy groups -OCH3 is 1. The molecule has 1 aromatic carbocycles. The molecule has 0 saturated carbocycles. The Morgan fingerprint density at radius 3 is 2.55 bits per heavy atom. The largest absolute Gasteiger partial charge is 0.381 e. The predicted molar refractivity (Wildman–Crippen MR) is 89.1 cm³/mol. The monoisotopic (exact) mass is 305 g/mol. The summed E-state index contributed by atoms with van der Waals surface area (Å²) in [5, 5.41) is 3.45. The maximum atomic E-state index is 5.76. The number of hydrogen-bond acceptors (Lipinski definition) is 3. The van der Waals surface area contributed by atoms with E-state index in [-0.39, 0.29) is 5.60 Å². The maximum Gasteiger partial charge on any atom is 0.193 e. The van der Waals surface area contributed by atoms with Gasteiger partial charge in [-0.1, -0.05) is 30.3 Å². The predicted octanol–water partition coefficient (Wildman–Crippen LogP) is 1.89. The van der Waals surface area contributed by atoms with E-state index in [1.807, 2.05) is 37.2 Å². The van der Waals surface area contributed by atoms with Crippen LogP contribution in [0, 0.1) is 0 Å². The molecular formula is C17H27N3O2. The van der Waals surface area contributed by atoms with E-state index < -0.39 is 0 Å². The van der Waals surface area contributed by atoms with Crippen LogP contribution in [0.1, 0.15) is 18.4 Å². The average molecular weight is 305 g/mol. The van der Waals surface area contributed by atoms with Crippen LogP contribution in [-0.2, 0) is 16.0 Å². The van der Waals surface area contributed by atoms with E-state index in [0.29, 0.717) is 6.54 Å². The summed E-state index contributed by atoms with van der Waals surface area (Å²) in [6.45, 7) is 2.94. The van der Waals surface area contributed by atoms with Crippen LogP contribution in [0.15, 0.2) is 35.3 Å². The van der Waals surface area contributed by atoms with Crippen molar-refractivity contribution in [2.45, 2.75) is 25.0 Å². The van der Waals surface area contributed by atoms with E-state index in [9.17, 15) is 0 Å². The van der Waals surface area contributed by atoms with Gasteiger partial charge in [-0.25, -0.2) is 4.99 Å². The molecule has 1 fully saturated rings. The fraction of sp³-hybridized carbons (Fsp3) is 0.588. The fourth-order valence-electron chi connectivity index (χ4n) is 2.54. The van der Waals surface area contributed by atoms with Crippen molar-refractivity contribution in [1.29, 1.82) is 0 Å². The van der Waals surface area contributed by atoms with Crippen molar-refractivity contribution >= 4 is 5.96 Å². The quantitative estimate of drug-likeness (QED) is 0.666. The van der Waals surface area contributed by atoms with Gasteiger partial charge in [-0.2, -0.15) is 0 Å². The van der Waals surface area contributed by atoms with Crippen molar-refractivity contribution in [2.24, 2.45) is 4.99 Å². The second kappa shape index (κ2) is 8.15. The molecule has 1 saturated heterocycles. The van der Waals surface area contributed by atoms with Gasteiger partial charge in [-0.3, -0.25) is 0 Å². The third-order valence-electron chi connectivity index (χ3n) is 4.08. The lowest BCUT2D eigenvalue weighted by atomic mass is 9.94. The van der Waals surface area contributed by atoms with E-state index in [2.05, 4.69) is 22.4 Å². The van der Waals surface area contributed by atoms with Crippen LogP contribution >= 0.6 is 0 Å². The Labute approximate surface area is 133 Å². The standard InChI is InChI=1S/C17H27N3O2/c1-20(2)16(18-13-15-7-5-4-6-8-15)19-14-17(21-3)9-11-22-12-10-17/h4-8H,9-14H2,1-3H3,(H,18,19). The van der Waals surface area contributed by atoms with Gasteiger partial charge < -0.3 is 19.7 Å². The van der Waals surface area contributed by atoms with Gasteiger partial charge in [0.05, 0.1) is 12.1 Å². The zero-order valence-corrected chi connectivity index (χ0v) is 13.8. The third-order valence-corrected chi connectivity index (χ3v) is 4.08. The lowest BCUT2D eigenvalue weighted by Crippen LogP contribution is -2.50. The second-order valence-electron chi connectivity index (χ2n) is 5.87. The van der Waals surface area contributed by atoms with Gasteiger partial charge in [0.15, 0.2) is 5.96 Å². The molecule has 0 aliphatic carbocycles. The topological polar surface area (TPSA) is 46.1 Å². The number of ether oxygens (including phenoxy) is 2. The third kappa shape index (κ3) is 4.71. The zero-order valence-electron chi connectivity index (χ0n) is 13.8. The number of aliphatic imine (C=N–C) groups is 1. The molecule has 5 nitrogen and oxygen atoms in total. The van der Waals surface area contributed by atoms with E-state index in [0.717, 1.165) is 38.6 Å². The molecule has 1 aliphatic rings. The average Bonchev–Trinajstić information content (AvgIpc) is 2.56. The molecule has 0 aromatic heterocycles. The molecule has 1 N–H and O–H groups in total. The molecule has 0 unspecified atom stereocenters. The summed E-state index contributed by atoms with van der Waals surface area (Å²) in [6.07, 6.45) is 1.83. The van der Waals surface area contributed by atoms with Crippen molar-refractivity contribution in [2.75, 3.05) is 41.0 Å². The Bertz CT molecular complexity index is 468. The number of hydrogen-bond donors (Lipinski definition) is 1. The molecule has 2 rings (SSSR count). The van der Waals surface area contributed by atoms with E-state index >= 15 is 0 Å². The first-order chi connectivity index (χ1) is 10.7. The van der Waals surface area contributed by atoms with Gasteiger partial charge in [-0.05, 0) is 5.56 Å². The van der Waals surface area contributed by atoms with Crippen LogP contribution in [0.3, 0.4) is 0 Å². The Morgan fingerprint density at radius 2 is 1.95 bits per heavy atom. The first-order valence-corrected chi connectivity index (χ1v) is 7.78. The smallest absolute Gasteiger partial charge is 0.193 e. The highest BCUT2D eigenvalue weighted by Crippen LogP contribution is 2.23. The van der Waals surface area contributed by atoms with Crippen LogP contribution in [0.25, 0.3) is 0 Å². The van der Waals surface area contributed by atoms with Gasteiger partial charge >= 0.3 is 0 Å². The molecule has 22 heavy (non-hydrogen) atoms. The Kier molecular flexibility index (Phi) is 6.21. The number of guanidine groups is 1. The molecule has 5 heteroatoms. The summed E-state index contributed by atoms with van der Waals surface area (Å²) in [4.78, 5) is 6.69. The summed E-state index contributed by atoms with van der Waals surface area (Å²) >= 11 is 0. The highest BCUT2D eigenvalue weighted by atomic mass is 16.5. The summed E-state index contributed by atoms with van der Waals surface area (Å²) in [5.74, 6) is 0.881. The first kappa shape index (κ1) is 16.8. The lowest BCUT2D eigenvalue weighted by molar-refractivity contribution is -0.0857. The van der Waals surface area contributed by atoms with Crippen LogP contribution in [0.4, 0.5) is 0 Å². The van der Waals surface area contributed by atoms with Crippen molar-refractivity contribution in [3.8, 4) is 0 Å². The van der Waals surface area contributed by atoms with Gasteiger partial charge in [-0.15, -0.1) is 0 Å². The SMILES string of the molecule is COC1(CNC(=NCc2ccccc2)N(C)C)CCOCC1.